The molecule has 3 heterocycles. The van der Waals surface area contributed by atoms with E-state index in [-0.39, 0.29) is 17.2 Å². The molecule has 6 nitrogen and oxygen atoms in total. The van der Waals surface area contributed by atoms with Crippen molar-refractivity contribution in [2.75, 3.05) is 39.9 Å². The van der Waals surface area contributed by atoms with Crippen molar-refractivity contribution in [3.05, 3.63) is 16.1 Å². The highest BCUT2D eigenvalue weighted by molar-refractivity contribution is 7.09. The van der Waals surface area contributed by atoms with Gasteiger partial charge in [-0.2, -0.15) is 0 Å². The van der Waals surface area contributed by atoms with Crippen molar-refractivity contribution < 1.29 is 14.3 Å². The maximum atomic E-state index is 12.6. The smallest absolute Gasteiger partial charge is 0.222 e. The van der Waals surface area contributed by atoms with Crippen molar-refractivity contribution in [1.29, 1.82) is 0 Å². The van der Waals surface area contributed by atoms with Crippen LogP contribution in [0.15, 0.2) is 5.51 Å². The standard InChI is InChI=1S/C20H31N3O3S/c1-16-17(27-15-21-16)4-5-18(24)22-11-8-20(9-12-22)7-6-19(25)23(14-20)10-3-13-26-2/h15H,3-14H2,1-2H3. The summed E-state index contributed by atoms with van der Waals surface area (Å²) in [4.78, 5) is 34.3. The summed E-state index contributed by atoms with van der Waals surface area (Å²) < 4.78 is 5.12. The quantitative estimate of drug-likeness (QED) is 0.668. The number of amides is 2. The summed E-state index contributed by atoms with van der Waals surface area (Å²) in [5.41, 5.74) is 3.10. The molecule has 1 aromatic rings. The normalized spacial score (nSPS) is 19.7. The van der Waals surface area contributed by atoms with Crippen LogP contribution in [0.25, 0.3) is 0 Å². The Bertz CT molecular complexity index is 653. The second kappa shape index (κ2) is 9.15. The first-order chi connectivity index (χ1) is 13.0. The van der Waals surface area contributed by atoms with E-state index in [9.17, 15) is 9.59 Å². The van der Waals surface area contributed by atoms with Gasteiger partial charge in [-0.15, -0.1) is 11.3 Å². The van der Waals surface area contributed by atoms with Crippen molar-refractivity contribution in [2.45, 2.75) is 51.9 Å². The molecule has 2 aliphatic rings. The van der Waals surface area contributed by atoms with Gasteiger partial charge in [0.1, 0.15) is 0 Å². The molecule has 0 aromatic carbocycles. The molecule has 0 unspecified atom stereocenters. The van der Waals surface area contributed by atoms with Crippen LogP contribution in [0.3, 0.4) is 0 Å². The van der Waals surface area contributed by atoms with Crippen LogP contribution in [0.4, 0.5) is 0 Å². The molecule has 0 N–H and O–H groups in total. The molecule has 2 amide bonds. The monoisotopic (exact) mass is 393 g/mol. The molecule has 0 atom stereocenters. The highest BCUT2D eigenvalue weighted by Crippen LogP contribution is 2.40. The van der Waals surface area contributed by atoms with Crippen LogP contribution in [0.2, 0.25) is 0 Å². The van der Waals surface area contributed by atoms with Gasteiger partial charge in [-0.3, -0.25) is 9.59 Å². The van der Waals surface area contributed by atoms with E-state index in [0.29, 0.717) is 19.4 Å². The van der Waals surface area contributed by atoms with Crippen molar-refractivity contribution in [3.8, 4) is 0 Å². The number of piperidine rings is 2. The molecule has 27 heavy (non-hydrogen) atoms. The predicted molar refractivity (Wildman–Crippen MR) is 106 cm³/mol. The molecule has 2 fully saturated rings. The van der Waals surface area contributed by atoms with Gasteiger partial charge in [0.2, 0.25) is 11.8 Å². The molecule has 7 heteroatoms. The second-order valence-electron chi connectivity index (χ2n) is 7.90. The van der Waals surface area contributed by atoms with Crippen LogP contribution in [0.5, 0.6) is 0 Å². The summed E-state index contributed by atoms with van der Waals surface area (Å²) in [5.74, 6) is 0.525. The van der Waals surface area contributed by atoms with Gasteiger partial charge in [-0.25, -0.2) is 4.98 Å². The van der Waals surface area contributed by atoms with E-state index in [4.69, 9.17) is 4.74 Å². The molecule has 0 aliphatic carbocycles. The number of aryl methyl sites for hydroxylation is 2. The Morgan fingerprint density at radius 1 is 1.33 bits per heavy atom. The number of nitrogens with zero attached hydrogens (tertiary/aromatic N) is 3. The number of likely N-dealkylation sites (tertiary alicyclic amines) is 2. The first-order valence-electron chi connectivity index (χ1n) is 9.96. The Morgan fingerprint density at radius 2 is 2.11 bits per heavy atom. The minimum Gasteiger partial charge on any atom is -0.385 e. The van der Waals surface area contributed by atoms with Gasteiger partial charge < -0.3 is 14.5 Å². The Kier molecular flexibility index (Phi) is 6.87. The summed E-state index contributed by atoms with van der Waals surface area (Å²) in [6.07, 6.45) is 5.87. The van der Waals surface area contributed by atoms with Crippen molar-refractivity contribution in [2.24, 2.45) is 5.41 Å². The highest BCUT2D eigenvalue weighted by Gasteiger charge is 2.41. The molecule has 150 valence electrons. The maximum Gasteiger partial charge on any atom is 0.222 e. The summed E-state index contributed by atoms with van der Waals surface area (Å²) in [5, 5.41) is 0. The topological polar surface area (TPSA) is 62.7 Å². The van der Waals surface area contributed by atoms with Gasteiger partial charge in [-0.05, 0) is 44.4 Å². The lowest BCUT2D eigenvalue weighted by Gasteiger charge is -2.47. The van der Waals surface area contributed by atoms with Gasteiger partial charge in [0, 0.05) is 57.6 Å². The zero-order valence-electron chi connectivity index (χ0n) is 16.5. The van der Waals surface area contributed by atoms with E-state index in [2.05, 4.69) is 4.98 Å². The molecule has 1 spiro atoms. The van der Waals surface area contributed by atoms with E-state index < -0.39 is 0 Å². The Morgan fingerprint density at radius 3 is 2.78 bits per heavy atom. The van der Waals surface area contributed by atoms with E-state index in [1.807, 2.05) is 22.2 Å². The second-order valence-corrected chi connectivity index (χ2v) is 8.84. The van der Waals surface area contributed by atoms with E-state index >= 15 is 0 Å². The maximum absolute atomic E-state index is 12.6. The largest absolute Gasteiger partial charge is 0.385 e. The summed E-state index contributed by atoms with van der Waals surface area (Å²) in [6, 6.07) is 0. The summed E-state index contributed by atoms with van der Waals surface area (Å²) >= 11 is 1.64. The highest BCUT2D eigenvalue weighted by atomic mass is 32.1. The molecular formula is C20H31N3O3S. The minimum atomic E-state index is 0.200. The zero-order valence-corrected chi connectivity index (χ0v) is 17.4. The predicted octanol–water partition coefficient (Wildman–Crippen LogP) is 2.65. The molecule has 0 bridgehead atoms. The molecule has 3 rings (SSSR count). The minimum absolute atomic E-state index is 0.200. The third-order valence-electron chi connectivity index (χ3n) is 6.11. The van der Waals surface area contributed by atoms with Crippen molar-refractivity contribution >= 4 is 23.2 Å². The first-order valence-corrected chi connectivity index (χ1v) is 10.8. The fourth-order valence-electron chi connectivity index (χ4n) is 4.29. The number of ether oxygens (including phenoxy) is 1. The SMILES string of the molecule is COCCCN1CC2(CCC1=O)CCN(C(=O)CCc1scnc1C)CC2. The Balaban J connectivity index is 1.47. The summed E-state index contributed by atoms with van der Waals surface area (Å²) in [6.45, 7) is 5.96. The van der Waals surface area contributed by atoms with Gasteiger partial charge in [0.25, 0.3) is 0 Å². The fraction of sp³-hybridized carbons (Fsp3) is 0.750. The number of aromatic nitrogens is 1. The van der Waals surface area contributed by atoms with E-state index in [0.717, 1.165) is 64.0 Å². The average molecular weight is 394 g/mol. The van der Waals surface area contributed by atoms with Gasteiger partial charge >= 0.3 is 0 Å². The first kappa shape index (κ1) is 20.3. The van der Waals surface area contributed by atoms with Crippen LogP contribution in [0.1, 0.15) is 49.1 Å². The van der Waals surface area contributed by atoms with E-state index in [1.165, 1.54) is 4.88 Å². The van der Waals surface area contributed by atoms with Crippen LogP contribution >= 0.6 is 11.3 Å². The van der Waals surface area contributed by atoms with Crippen LogP contribution in [-0.2, 0) is 20.7 Å². The van der Waals surface area contributed by atoms with Crippen LogP contribution < -0.4 is 0 Å². The molecule has 0 saturated carbocycles. The number of thiazole rings is 1. The average Bonchev–Trinajstić information content (AvgIpc) is 3.08. The number of methoxy groups -OCH3 is 1. The third kappa shape index (κ3) is 5.08. The molecule has 2 saturated heterocycles. The van der Waals surface area contributed by atoms with Gasteiger partial charge in [-0.1, -0.05) is 0 Å². The fourth-order valence-corrected chi connectivity index (χ4v) is 5.07. The van der Waals surface area contributed by atoms with Crippen molar-refractivity contribution in [3.63, 3.8) is 0 Å². The summed E-state index contributed by atoms with van der Waals surface area (Å²) in [7, 11) is 1.70. The number of hydrogen-bond acceptors (Lipinski definition) is 5. The molecular weight excluding hydrogens is 362 g/mol. The lowest BCUT2D eigenvalue weighted by atomic mass is 9.72. The number of carbonyl (C=O) groups is 2. The van der Waals surface area contributed by atoms with Crippen molar-refractivity contribution in [1.82, 2.24) is 14.8 Å². The zero-order chi connectivity index (χ0) is 19.3. The van der Waals surface area contributed by atoms with Crippen LogP contribution in [-0.4, -0.2) is 66.5 Å². The lowest BCUT2D eigenvalue weighted by Crippen LogP contribution is -2.52. The Hall–Kier alpha value is -1.47. The third-order valence-corrected chi connectivity index (χ3v) is 7.11. The van der Waals surface area contributed by atoms with Gasteiger partial charge in [0.05, 0.1) is 11.2 Å². The van der Waals surface area contributed by atoms with Gasteiger partial charge in [0.15, 0.2) is 0 Å². The number of hydrogen-bond donors (Lipinski definition) is 0. The molecule has 0 radical (unpaired) electrons. The lowest BCUT2D eigenvalue weighted by molar-refractivity contribution is -0.142. The Labute approximate surface area is 165 Å². The van der Waals surface area contributed by atoms with E-state index in [1.54, 1.807) is 18.4 Å². The number of rotatable bonds is 7. The number of carbonyl (C=O) groups excluding carboxylic acids is 2. The molecule has 1 aromatic heterocycles. The van der Waals surface area contributed by atoms with Crippen LogP contribution in [0, 0.1) is 12.3 Å². The molecule has 2 aliphatic heterocycles.